The first-order valence-electron chi connectivity index (χ1n) is 26.9. The molecule has 67 heavy (non-hydrogen) atoms. The lowest BCUT2D eigenvalue weighted by atomic mass is 9.44. The topological polar surface area (TPSA) is 169 Å². The van der Waals surface area contributed by atoms with Gasteiger partial charge in [0.2, 0.25) is 0 Å². The molecule has 2 aromatic rings. The number of hydrogen-bond donors (Lipinski definition) is 5. The van der Waals surface area contributed by atoms with Crippen LogP contribution >= 0.6 is 0 Å². The molecule has 0 heterocycles. The number of carbonyl (C=O) groups is 4. The van der Waals surface area contributed by atoms with Crippen molar-refractivity contribution in [3.8, 4) is 0 Å². The van der Waals surface area contributed by atoms with Crippen LogP contribution in [-0.2, 0) is 14.4 Å². The van der Waals surface area contributed by atoms with Gasteiger partial charge >= 0.3 is 23.9 Å². The Morgan fingerprint density at radius 1 is 0.612 bits per heavy atom. The Morgan fingerprint density at radius 2 is 1.16 bits per heavy atom. The molecule has 0 amide bonds. The van der Waals surface area contributed by atoms with Gasteiger partial charge in [0.15, 0.2) is 0 Å². The molecule has 0 aliphatic heterocycles. The number of benzene rings is 2. The fraction of sp³-hybridized carbons (Fsp3) is 0.759. The molecule has 9 nitrogen and oxygen atoms in total. The number of aliphatic hydroxyl groups excluding tert-OH is 1. The average Bonchev–Trinajstić information content (AvgIpc) is 3.62. The standard InChI is InChI=1S/C24H40O3.C12H18O2.C11H16O2.C11H8O2/c1-15(4-9-22(26)27)19-7-8-20-18-6-5-16-14-17(25)10-12-23(16,2)21(18)11-13-24(19,20)3;13-11(14)7-12-4-8-1-9(5-12)3-10(2-8)6-12;12-10(13)11-4-7-1-8(5-11)3-9(2-7)6-11;12-11(13)10-7-3-5-8-4-1-2-6-9(8)10/h15-21,25H,4-14H2,1-3H3,(H,26,27);8-10H,1-7H2,(H,13,14);7-9H,1-6H2,(H,12,13);1-7H,(H,12,13). The monoisotopic (exact) mass is 923 g/mol. The molecule has 8 bridgehead atoms. The molecule has 9 unspecified atom stereocenters. The van der Waals surface area contributed by atoms with Crippen molar-refractivity contribution in [3.05, 3.63) is 48.0 Å². The maximum Gasteiger partial charge on any atom is 0.336 e. The van der Waals surface area contributed by atoms with Crippen molar-refractivity contribution in [2.45, 2.75) is 181 Å². The molecule has 9 heteroatoms. The number of carboxylic acids is 4. The van der Waals surface area contributed by atoms with E-state index in [1.165, 1.54) is 103 Å². The van der Waals surface area contributed by atoms with Crippen LogP contribution in [0, 0.1) is 92.7 Å². The molecule has 12 aliphatic carbocycles. The van der Waals surface area contributed by atoms with Crippen LogP contribution in [-0.4, -0.2) is 55.5 Å². The van der Waals surface area contributed by atoms with E-state index in [9.17, 15) is 29.4 Å². The number of aliphatic carboxylic acids is 3. The molecule has 0 radical (unpaired) electrons. The quantitative estimate of drug-likeness (QED) is 0.173. The number of fused-ring (bicyclic) bond motifs is 6. The van der Waals surface area contributed by atoms with Crippen molar-refractivity contribution < 1.29 is 44.7 Å². The normalized spacial score (nSPS) is 42.8. The zero-order valence-electron chi connectivity index (χ0n) is 40.9. The summed E-state index contributed by atoms with van der Waals surface area (Å²) in [6.07, 6.45) is 27.7. The molecule has 2 aromatic carbocycles. The predicted octanol–water partition coefficient (Wildman–Crippen LogP) is 13.0. The van der Waals surface area contributed by atoms with Crippen LogP contribution in [0.4, 0.5) is 0 Å². The Morgan fingerprint density at radius 3 is 1.73 bits per heavy atom. The van der Waals surface area contributed by atoms with Crippen LogP contribution in [0.2, 0.25) is 0 Å². The molecule has 12 aliphatic rings. The lowest BCUT2D eigenvalue weighted by molar-refractivity contribution is -0.164. The summed E-state index contributed by atoms with van der Waals surface area (Å²) in [6, 6.07) is 12.7. The van der Waals surface area contributed by atoms with Gasteiger partial charge in [0, 0.05) is 6.42 Å². The highest BCUT2D eigenvalue weighted by Crippen LogP contribution is 2.69. The molecular weight excluding hydrogens is 841 g/mol. The van der Waals surface area contributed by atoms with E-state index in [1.54, 1.807) is 12.1 Å². The van der Waals surface area contributed by atoms with Crippen molar-refractivity contribution in [2.24, 2.45) is 92.7 Å². The zero-order valence-corrected chi connectivity index (χ0v) is 40.9. The van der Waals surface area contributed by atoms with E-state index < -0.39 is 23.9 Å². The number of carboxylic acid groups (broad SMARTS) is 4. The molecule has 14 rings (SSSR count). The number of hydrogen-bond acceptors (Lipinski definition) is 5. The fourth-order valence-electron chi connectivity index (χ4n) is 19.4. The lowest BCUT2D eigenvalue weighted by Gasteiger charge is -2.61. The third kappa shape index (κ3) is 9.72. The number of rotatable bonds is 8. The summed E-state index contributed by atoms with van der Waals surface area (Å²) in [4.78, 5) is 44.0. The van der Waals surface area contributed by atoms with Gasteiger partial charge in [0.05, 0.1) is 23.5 Å². The minimum atomic E-state index is -0.878. The third-order valence-electron chi connectivity index (χ3n) is 21.4. The van der Waals surface area contributed by atoms with Crippen LogP contribution in [0.3, 0.4) is 0 Å². The van der Waals surface area contributed by atoms with Crippen LogP contribution < -0.4 is 0 Å². The van der Waals surface area contributed by atoms with Crippen LogP contribution in [0.15, 0.2) is 42.5 Å². The summed E-state index contributed by atoms with van der Waals surface area (Å²) in [7, 11) is 0. The first kappa shape index (κ1) is 48.6. The van der Waals surface area contributed by atoms with Gasteiger partial charge in [0.25, 0.3) is 0 Å². The van der Waals surface area contributed by atoms with Gasteiger partial charge in [-0.1, -0.05) is 57.2 Å². The van der Waals surface area contributed by atoms with Crippen LogP contribution in [0.25, 0.3) is 10.8 Å². The summed E-state index contributed by atoms with van der Waals surface area (Å²) in [5, 5.41) is 48.2. The Balaban J connectivity index is 0.000000119. The predicted molar refractivity (Wildman–Crippen MR) is 259 cm³/mol. The maximum absolute atomic E-state index is 11.3. The molecule has 5 N–H and O–H groups in total. The highest BCUT2D eigenvalue weighted by atomic mass is 16.4. The molecule has 12 fully saturated rings. The number of aromatic carboxylic acids is 1. The van der Waals surface area contributed by atoms with E-state index in [0.29, 0.717) is 41.1 Å². The molecule has 0 spiro atoms. The van der Waals surface area contributed by atoms with Gasteiger partial charge in [-0.2, -0.15) is 0 Å². The van der Waals surface area contributed by atoms with Gasteiger partial charge in [-0.25, -0.2) is 4.79 Å². The Bertz CT molecular complexity index is 2070. The van der Waals surface area contributed by atoms with Gasteiger partial charge in [-0.3, -0.25) is 14.4 Å². The van der Waals surface area contributed by atoms with Gasteiger partial charge < -0.3 is 25.5 Å². The van der Waals surface area contributed by atoms with Crippen molar-refractivity contribution >= 4 is 34.6 Å². The molecule has 9 atom stereocenters. The van der Waals surface area contributed by atoms with Crippen molar-refractivity contribution in [3.63, 3.8) is 0 Å². The SMILES string of the molecule is CC(CCC(=O)O)C1CCC2C3CCC4CC(O)CCC4(C)C3CCC12C.O=C(O)C12CC3CC(CC(C3)C1)C2.O=C(O)CC12CC3CC(CC(C3)C1)C2.O=C(O)c1cccc2ccccc12. The smallest absolute Gasteiger partial charge is 0.336 e. The summed E-state index contributed by atoms with van der Waals surface area (Å²) < 4.78 is 0. The van der Waals surface area contributed by atoms with Gasteiger partial charge in [-0.05, 0) is 245 Å². The largest absolute Gasteiger partial charge is 0.481 e. The van der Waals surface area contributed by atoms with Crippen molar-refractivity contribution in [2.75, 3.05) is 0 Å². The van der Waals surface area contributed by atoms with E-state index in [1.807, 2.05) is 30.3 Å². The minimum Gasteiger partial charge on any atom is -0.481 e. The minimum absolute atomic E-state index is 0.0561. The second kappa shape index (κ2) is 19.0. The maximum atomic E-state index is 11.3. The average molecular weight is 923 g/mol. The lowest BCUT2D eigenvalue weighted by Crippen LogP contribution is -2.54. The summed E-state index contributed by atoms with van der Waals surface area (Å²) in [5.74, 6) is 6.83. The second-order valence-electron chi connectivity index (χ2n) is 25.5. The Hall–Kier alpha value is -3.46. The number of aliphatic hydroxyl groups is 1. The molecule has 0 saturated heterocycles. The Labute approximate surface area is 399 Å². The van der Waals surface area contributed by atoms with Crippen LogP contribution in [0.5, 0.6) is 0 Å². The van der Waals surface area contributed by atoms with Gasteiger partial charge in [0.1, 0.15) is 0 Å². The first-order chi connectivity index (χ1) is 31.9. The third-order valence-corrected chi connectivity index (χ3v) is 21.4. The highest BCUT2D eigenvalue weighted by Gasteiger charge is 2.61. The molecule has 0 aromatic heterocycles. The second-order valence-corrected chi connectivity index (χ2v) is 25.5. The summed E-state index contributed by atoms with van der Waals surface area (Å²) in [5.41, 5.74) is 1.18. The summed E-state index contributed by atoms with van der Waals surface area (Å²) in [6.45, 7) is 7.43. The van der Waals surface area contributed by atoms with E-state index in [0.717, 1.165) is 108 Å². The zero-order chi connectivity index (χ0) is 47.5. The van der Waals surface area contributed by atoms with E-state index >= 15 is 0 Å². The highest BCUT2D eigenvalue weighted by molar-refractivity contribution is 6.03. The van der Waals surface area contributed by atoms with E-state index in [4.69, 9.17) is 15.3 Å². The summed E-state index contributed by atoms with van der Waals surface area (Å²) >= 11 is 0. The first-order valence-corrected chi connectivity index (χ1v) is 26.9. The van der Waals surface area contributed by atoms with E-state index in [-0.39, 0.29) is 16.9 Å². The van der Waals surface area contributed by atoms with E-state index in [2.05, 4.69) is 20.8 Å². The van der Waals surface area contributed by atoms with Crippen LogP contribution in [0.1, 0.15) is 185 Å². The van der Waals surface area contributed by atoms with Crippen molar-refractivity contribution in [1.82, 2.24) is 0 Å². The Kier molecular flexibility index (Phi) is 13.8. The molecule has 368 valence electrons. The molecule has 12 saturated carbocycles. The molecular formula is C58H82O9. The van der Waals surface area contributed by atoms with Gasteiger partial charge in [-0.15, -0.1) is 0 Å². The fourth-order valence-corrected chi connectivity index (χ4v) is 19.4. The van der Waals surface area contributed by atoms with Crippen molar-refractivity contribution in [1.29, 1.82) is 0 Å².